The lowest BCUT2D eigenvalue weighted by atomic mass is 10.1. The van der Waals surface area contributed by atoms with Crippen molar-refractivity contribution in [2.45, 2.75) is 82.7 Å². The lowest BCUT2D eigenvalue weighted by Crippen LogP contribution is -2.43. The minimum Gasteiger partial charge on any atom is -0.541 e. The first kappa shape index (κ1) is 64.6. The van der Waals surface area contributed by atoms with Crippen LogP contribution in [0.4, 0.5) is 34.1 Å². The summed E-state index contributed by atoms with van der Waals surface area (Å²) in [5, 5.41) is 0.133. The molecule has 20 heteroatoms. The summed E-state index contributed by atoms with van der Waals surface area (Å²) in [6.07, 6.45) is 7.80. The highest BCUT2D eigenvalue weighted by Gasteiger charge is 2.40. The molecule has 0 atom stereocenters. The predicted molar refractivity (Wildman–Crippen MR) is 292 cm³/mol. The third-order valence-corrected chi connectivity index (χ3v) is 22.1. The zero-order valence-corrected chi connectivity index (χ0v) is 47.7. The Balaban J connectivity index is 0.000000681. The van der Waals surface area contributed by atoms with E-state index in [1.807, 2.05) is 72.8 Å². The number of hydrogen-bond acceptors (Lipinski definition) is 11. The van der Waals surface area contributed by atoms with Gasteiger partial charge in [0.05, 0.1) is 66.1 Å². The van der Waals surface area contributed by atoms with Crippen molar-refractivity contribution >= 4 is 62.3 Å². The molecule has 5 rings (SSSR count). The maximum atomic E-state index is 13.0. The average molecular weight is 1080 g/mol. The number of benzene rings is 5. The number of hydrogen-bond donors (Lipinski definition) is 2. The Hall–Kier alpha value is -6.39. The highest BCUT2D eigenvalue weighted by molar-refractivity contribution is 7.92. The van der Waals surface area contributed by atoms with Gasteiger partial charge in [0, 0.05) is 18.3 Å². The smallest absolute Gasteiger partial charge is 0.262 e. The molecule has 0 heterocycles. The van der Waals surface area contributed by atoms with E-state index in [-0.39, 0.29) is 20.7 Å². The van der Waals surface area contributed by atoms with E-state index in [0.717, 1.165) is 33.8 Å². The van der Waals surface area contributed by atoms with Gasteiger partial charge < -0.3 is 43.0 Å². The summed E-state index contributed by atoms with van der Waals surface area (Å²) in [5.74, 6) is 4.72. The Morgan fingerprint density at radius 3 is 1.21 bits per heavy atom. The summed E-state index contributed by atoms with van der Waals surface area (Å²) in [6, 6.07) is 27.1. The second-order valence-electron chi connectivity index (χ2n) is 18.8. The van der Waals surface area contributed by atoms with E-state index in [9.17, 15) is 12.8 Å². The molecule has 0 fully saturated rings. The van der Waals surface area contributed by atoms with Crippen LogP contribution < -0.4 is 47.7 Å². The van der Waals surface area contributed by atoms with Crippen molar-refractivity contribution in [3.8, 4) is 46.0 Å². The monoisotopic (exact) mass is 1080 g/mol. The van der Waals surface area contributed by atoms with Gasteiger partial charge in [0.2, 0.25) is 0 Å². The number of ether oxygens (including phenoxy) is 6. The molecule has 404 valence electrons. The first-order valence-corrected chi connectivity index (χ1v) is 29.8. The quantitative estimate of drug-likeness (QED) is 0.0397. The number of halogens is 5. The molecule has 0 spiro atoms. The van der Waals surface area contributed by atoms with Crippen molar-refractivity contribution in [3.63, 3.8) is 0 Å². The lowest BCUT2D eigenvalue weighted by molar-refractivity contribution is 0.108. The molecule has 0 aliphatic rings. The van der Waals surface area contributed by atoms with E-state index in [1.54, 1.807) is 58.8 Å². The minimum atomic E-state index is -3.83. The molecule has 5 aromatic carbocycles. The molecule has 73 heavy (non-hydrogen) atoms. The van der Waals surface area contributed by atoms with Crippen molar-refractivity contribution < 1.29 is 68.4 Å². The fourth-order valence-electron chi connectivity index (χ4n) is 6.07. The van der Waals surface area contributed by atoms with Crippen molar-refractivity contribution in [1.29, 1.82) is 0 Å². The molecule has 3 N–H and O–H groups in total. The van der Waals surface area contributed by atoms with Crippen molar-refractivity contribution in [2.24, 2.45) is 0 Å². The van der Waals surface area contributed by atoms with Gasteiger partial charge in [-0.15, -0.1) is 0 Å². The molecule has 0 bridgehead atoms. The van der Waals surface area contributed by atoms with E-state index in [4.69, 9.17) is 61.3 Å². The van der Waals surface area contributed by atoms with Gasteiger partial charge in [-0.1, -0.05) is 96.2 Å². The minimum absolute atomic E-state index is 0.0347. The molecule has 0 saturated heterocycles. The van der Waals surface area contributed by atoms with Crippen LogP contribution in [0.25, 0.3) is 24.3 Å². The highest BCUT2D eigenvalue weighted by Crippen LogP contribution is 2.43. The zero-order chi connectivity index (χ0) is 56.0. The predicted octanol–water partition coefficient (Wildman–Crippen LogP) is 15.2. The Bertz CT molecular complexity index is 2660. The van der Waals surface area contributed by atoms with Crippen LogP contribution in [0.1, 0.15) is 63.8 Å². The number of rotatable bonds is 17. The molecule has 0 saturated carbocycles. The Morgan fingerprint density at radius 1 is 0.479 bits per heavy atom. The SMILES string of the molecule is CF.COc1ccc(/C=C\c2cc(N)c(OC)c(OC)c2)cc1O[Si](C)(C)C(C)(C)C.COc1ccc(/C=C\c2cc(NS(=O)(=O)c3ccccc3)c(OC)c(OC)c2)cc1O[Si](C)(C)C(C)(C)C.FF.FF. The molecule has 0 unspecified atom stereocenters. The molecular weight excluding hydrogens is 1010 g/mol. The van der Waals surface area contributed by atoms with Crippen LogP contribution in [0.15, 0.2) is 95.9 Å². The molecule has 12 nitrogen and oxygen atoms in total. The summed E-state index contributed by atoms with van der Waals surface area (Å²) < 4.78 is 116. The summed E-state index contributed by atoms with van der Waals surface area (Å²) in [6.45, 7) is 22.1. The maximum Gasteiger partial charge on any atom is 0.262 e. The second kappa shape index (κ2) is 29.3. The number of nitrogens with one attached hydrogen (secondary N) is 1. The summed E-state index contributed by atoms with van der Waals surface area (Å²) in [5.41, 5.74) is 10.4. The number of nitrogen functional groups attached to an aromatic ring is 1. The van der Waals surface area contributed by atoms with Crippen LogP contribution in [-0.2, 0) is 10.0 Å². The van der Waals surface area contributed by atoms with Crippen LogP contribution in [0, 0.1) is 0 Å². The van der Waals surface area contributed by atoms with Crippen LogP contribution >= 0.6 is 0 Å². The number of anilines is 2. The molecular formula is C53H73F5N2O10SSi2. The van der Waals surface area contributed by atoms with Crippen LogP contribution in [0.3, 0.4) is 0 Å². The van der Waals surface area contributed by atoms with Gasteiger partial charge in [0.25, 0.3) is 26.7 Å². The third kappa shape index (κ3) is 18.3. The van der Waals surface area contributed by atoms with Gasteiger partial charge in [0.1, 0.15) is 11.5 Å². The maximum absolute atomic E-state index is 13.0. The van der Waals surface area contributed by atoms with E-state index in [1.165, 1.54) is 26.4 Å². The van der Waals surface area contributed by atoms with Gasteiger partial charge in [-0.3, -0.25) is 9.11 Å². The van der Waals surface area contributed by atoms with Crippen LogP contribution in [-0.4, -0.2) is 74.9 Å². The van der Waals surface area contributed by atoms with Gasteiger partial charge in [0.15, 0.2) is 34.5 Å². The number of sulfonamides is 1. The van der Waals surface area contributed by atoms with Crippen molar-refractivity contribution in [2.75, 3.05) is 60.3 Å². The topological polar surface area (TPSA) is 146 Å². The summed E-state index contributed by atoms with van der Waals surface area (Å²) in [7, 11) is 2.04. The van der Waals surface area contributed by atoms with Crippen LogP contribution in [0.2, 0.25) is 36.3 Å². The first-order chi connectivity index (χ1) is 34.3. The first-order valence-electron chi connectivity index (χ1n) is 22.5. The molecule has 0 radical (unpaired) electrons. The lowest BCUT2D eigenvalue weighted by Gasteiger charge is -2.36. The fourth-order valence-corrected chi connectivity index (χ4v) is 9.17. The summed E-state index contributed by atoms with van der Waals surface area (Å²) >= 11 is 0. The molecule has 0 aliphatic carbocycles. The zero-order valence-electron chi connectivity index (χ0n) is 44.9. The normalized spacial score (nSPS) is 11.5. The standard InChI is InChI=1S/C29H37NO6SSi.C23H33NO4Si.CH3F.2F2/c1-29(2,3)38(7,8)36-26-19-21(16-17-25(26)33-4)14-15-22-18-24(28(35-6)27(20-22)34-5)30-37(31,32)23-12-10-9-11-13-23;1-23(2,3)29(7,8)28-20-14-16(11-12-19(20)25-4)9-10-17-13-18(24)22(27-6)21(15-17)26-5;3*1-2/h9-20,30H,1-8H3;9-15H,24H2,1-8H3;1H3;;/b15-14-;10-9-;;;. The molecule has 0 aliphatic heterocycles. The number of methoxy groups -OCH3 is 6. The van der Waals surface area contributed by atoms with Crippen molar-refractivity contribution in [1.82, 2.24) is 0 Å². The molecule has 0 amide bonds. The fraction of sp³-hybridized carbons (Fsp3) is 0.358. The second-order valence-corrected chi connectivity index (χ2v) is 29.9. The Kier molecular flexibility index (Phi) is 26.0. The third-order valence-electron chi connectivity index (χ3n) is 12.0. The van der Waals surface area contributed by atoms with E-state index < -0.39 is 26.7 Å². The van der Waals surface area contributed by atoms with E-state index in [2.05, 4.69) is 72.5 Å². The number of alkyl halides is 1. The van der Waals surface area contributed by atoms with Gasteiger partial charge in [-0.25, -0.2) is 8.42 Å². The van der Waals surface area contributed by atoms with E-state index >= 15 is 0 Å². The van der Waals surface area contributed by atoms with E-state index in [0.29, 0.717) is 47.4 Å². The van der Waals surface area contributed by atoms with Crippen LogP contribution in [0.5, 0.6) is 46.0 Å². The number of nitrogens with two attached hydrogens (primary N) is 1. The van der Waals surface area contributed by atoms with Gasteiger partial charge in [-0.2, -0.15) is 0 Å². The Morgan fingerprint density at radius 2 is 0.836 bits per heavy atom. The average Bonchev–Trinajstić information content (AvgIpc) is 3.36. The summed E-state index contributed by atoms with van der Waals surface area (Å²) in [4.78, 5) is 0.148. The highest BCUT2D eigenvalue weighted by atomic mass is 32.2. The Labute approximate surface area is 431 Å². The molecule has 0 aromatic heterocycles. The molecule has 5 aromatic rings. The van der Waals surface area contributed by atoms with Crippen molar-refractivity contribution in [3.05, 3.63) is 113 Å². The van der Waals surface area contributed by atoms with Gasteiger partial charge >= 0.3 is 0 Å². The largest absolute Gasteiger partial charge is 0.541 e. The van der Waals surface area contributed by atoms with Gasteiger partial charge in [-0.05, 0) is 119 Å².